The molecule has 0 saturated heterocycles. The third-order valence-electron chi connectivity index (χ3n) is 5.38. The molecule has 1 saturated carbocycles. The third kappa shape index (κ3) is 1.52. The van der Waals surface area contributed by atoms with E-state index in [0.29, 0.717) is 17.3 Å². The second kappa shape index (κ2) is 3.96. The minimum absolute atomic E-state index is 0.456. The van der Waals surface area contributed by atoms with Gasteiger partial charge in [-0.15, -0.1) is 0 Å². The molecule has 0 spiro atoms. The molecule has 2 unspecified atom stereocenters. The van der Waals surface area contributed by atoms with Crippen LogP contribution in [-0.4, -0.2) is 0 Å². The smallest absolute Gasteiger partial charge is 0.00923 e. The van der Waals surface area contributed by atoms with Crippen molar-refractivity contribution in [1.82, 2.24) is 0 Å². The van der Waals surface area contributed by atoms with Crippen LogP contribution in [0.5, 0.6) is 0 Å². The predicted molar refractivity (Wildman–Crippen MR) is 80.9 cm³/mol. The summed E-state index contributed by atoms with van der Waals surface area (Å²) in [5, 5.41) is 0. The molecule has 1 fully saturated rings. The van der Waals surface area contributed by atoms with Gasteiger partial charge in [0, 0.05) is 11.8 Å². The van der Waals surface area contributed by atoms with Gasteiger partial charge in [-0.3, -0.25) is 0 Å². The van der Waals surface area contributed by atoms with Crippen molar-refractivity contribution in [3.63, 3.8) is 0 Å². The molecule has 0 heterocycles. The second-order valence-corrected chi connectivity index (χ2v) is 6.35. The van der Waals surface area contributed by atoms with Gasteiger partial charge in [0.2, 0.25) is 0 Å². The highest BCUT2D eigenvalue weighted by Crippen LogP contribution is 2.60. The first-order valence-corrected chi connectivity index (χ1v) is 7.43. The van der Waals surface area contributed by atoms with Crippen molar-refractivity contribution in [3.05, 3.63) is 65.3 Å². The molecule has 0 bridgehead atoms. The molecule has 0 aliphatic heterocycles. The van der Waals surface area contributed by atoms with Gasteiger partial charge in [0.25, 0.3) is 0 Å². The summed E-state index contributed by atoms with van der Waals surface area (Å²) in [4.78, 5) is 0. The number of hydrogen-bond donors (Lipinski definition) is 0. The van der Waals surface area contributed by atoms with Crippen molar-refractivity contribution in [2.75, 3.05) is 0 Å². The first-order valence-electron chi connectivity index (χ1n) is 7.43. The van der Waals surface area contributed by atoms with E-state index in [1.165, 1.54) is 30.4 Å². The van der Waals surface area contributed by atoms with E-state index in [1.54, 1.807) is 5.56 Å². The third-order valence-corrected chi connectivity index (χ3v) is 5.38. The van der Waals surface area contributed by atoms with Gasteiger partial charge >= 0.3 is 0 Å². The van der Waals surface area contributed by atoms with Crippen molar-refractivity contribution in [1.29, 1.82) is 0 Å². The van der Waals surface area contributed by atoms with Gasteiger partial charge in [-0.25, -0.2) is 0 Å². The molecule has 3 aliphatic rings. The summed E-state index contributed by atoms with van der Waals surface area (Å²) < 4.78 is 0. The van der Waals surface area contributed by atoms with Crippen LogP contribution in [0.25, 0.3) is 6.08 Å². The summed E-state index contributed by atoms with van der Waals surface area (Å²) in [7, 11) is 0. The zero-order chi connectivity index (χ0) is 12.9. The number of fused-ring (bicyclic) bond motifs is 1. The lowest BCUT2D eigenvalue weighted by Crippen LogP contribution is -2.40. The normalized spacial score (nSPS) is 30.1. The maximum Gasteiger partial charge on any atom is 0.00923 e. The van der Waals surface area contributed by atoms with E-state index >= 15 is 0 Å². The van der Waals surface area contributed by atoms with Gasteiger partial charge < -0.3 is 0 Å². The maximum atomic E-state index is 2.48. The Kier molecular flexibility index (Phi) is 2.35. The lowest BCUT2D eigenvalue weighted by molar-refractivity contribution is 0.0800. The van der Waals surface area contributed by atoms with Crippen LogP contribution in [0.4, 0.5) is 0 Å². The Morgan fingerprint density at radius 1 is 1.05 bits per heavy atom. The van der Waals surface area contributed by atoms with Crippen LogP contribution in [0.3, 0.4) is 0 Å². The summed E-state index contributed by atoms with van der Waals surface area (Å²) in [6.07, 6.45) is 16.1. The highest BCUT2D eigenvalue weighted by Gasteiger charge is 2.49. The number of hydrogen-bond acceptors (Lipinski definition) is 0. The summed E-state index contributed by atoms with van der Waals surface area (Å²) in [6.45, 7) is 2.22. The van der Waals surface area contributed by atoms with Gasteiger partial charge in [-0.1, -0.05) is 66.6 Å². The van der Waals surface area contributed by atoms with E-state index in [-0.39, 0.29) is 0 Å². The summed E-state index contributed by atoms with van der Waals surface area (Å²) in [5.74, 6) is 1.26. The average molecular weight is 248 g/mol. The van der Waals surface area contributed by atoms with Crippen LogP contribution in [0.15, 0.2) is 54.1 Å². The van der Waals surface area contributed by atoms with Crippen LogP contribution >= 0.6 is 0 Å². The number of rotatable bonds is 2. The van der Waals surface area contributed by atoms with E-state index < -0.39 is 0 Å². The quantitative estimate of drug-likeness (QED) is 0.683. The van der Waals surface area contributed by atoms with Crippen molar-refractivity contribution in [2.45, 2.75) is 32.1 Å². The van der Waals surface area contributed by atoms with E-state index in [4.69, 9.17) is 0 Å². The molecule has 2 atom stereocenters. The molecule has 0 nitrogen and oxygen atoms in total. The summed E-state index contributed by atoms with van der Waals surface area (Å²) in [5.41, 5.74) is 4.87. The first kappa shape index (κ1) is 11.3. The SMILES string of the molecule is CC1=CC(C2(C3C=Cc4ccccc43)CCC2)C=C1. The zero-order valence-corrected chi connectivity index (χ0v) is 11.5. The Hall–Kier alpha value is -1.56. The molecule has 0 amide bonds. The summed E-state index contributed by atoms with van der Waals surface area (Å²) in [6, 6.07) is 8.92. The van der Waals surface area contributed by atoms with Crippen LogP contribution in [0.2, 0.25) is 0 Å². The molecule has 0 aromatic heterocycles. The Morgan fingerprint density at radius 2 is 1.89 bits per heavy atom. The van der Waals surface area contributed by atoms with E-state index in [9.17, 15) is 0 Å². The van der Waals surface area contributed by atoms with Crippen LogP contribution in [0, 0.1) is 11.3 Å². The molecule has 3 aliphatic carbocycles. The molecule has 96 valence electrons. The Morgan fingerprint density at radius 3 is 2.58 bits per heavy atom. The van der Waals surface area contributed by atoms with Gasteiger partial charge in [-0.2, -0.15) is 0 Å². The van der Waals surface area contributed by atoms with Crippen molar-refractivity contribution in [2.24, 2.45) is 11.3 Å². The molecule has 1 aromatic rings. The average Bonchev–Trinajstić information content (AvgIpc) is 2.97. The molecule has 0 heteroatoms. The van der Waals surface area contributed by atoms with Gasteiger partial charge in [-0.05, 0) is 36.3 Å². The van der Waals surface area contributed by atoms with E-state index in [1.807, 2.05) is 0 Å². The molecular formula is C19H20. The lowest BCUT2D eigenvalue weighted by Gasteiger charge is -2.50. The maximum absolute atomic E-state index is 2.48. The molecular weight excluding hydrogens is 228 g/mol. The van der Waals surface area contributed by atoms with Crippen LogP contribution < -0.4 is 0 Å². The lowest BCUT2D eigenvalue weighted by atomic mass is 9.54. The monoisotopic (exact) mass is 248 g/mol. The Balaban J connectivity index is 1.75. The van der Waals surface area contributed by atoms with Gasteiger partial charge in [0.1, 0.15) is 0 Å². The first-order chi connectivity index (χ1) is 9.29. The van der Waals surface area contributed by atoms with Crippen molar-refractivity contribution >= 4 is 6.08 Å². The minimum atomic E-state index is 0.456. The molecule has 4 rings (SSSR count). The summed E-state index contributed by atoms with van der Waals surface area (Å²) >= 11 is 0. The number of benzene rings is 1. The number of allylic oxidation sites excluding steroid dienone is 5. The van der Waals surface area contributed by atoms with Crippen LogP contribution in [0.1, 0.15) is 43.2 Å². The van der Waals surface area contributed by atoms with Gasteiger partial charge in [0.15, 0.2) is 0 Å². The minimum Gasteiger partial charge on any atom is -0.0768 e. The fourth-order valence-corrected chi connectivity index (χ4v) is 4.19. The molecule has 1 aromatic carbocycles. The standard InChI is InChI=1S/C19H20/c1-14-7-9-16(13-14)19(11-4-12-19)18-10-8-15-5-2-3-6-17(15)18/h2-3,5-10,13,16,18H,4,11-12H2,1H3. The second-order valence-electron chi connectivity index (χ2n) is 6.35. The Bertz CT molecular complexity index is 596. The topological polar surface area (TPSA) is 0 Å². The highest BCUT2D eigenvalue weighted by atomic mass is 14.5. The highest BCUT2D eigenvalue weighted by molar-refractivity contribution is 5.63. The molecule has 0 radical (unpaired) electrons. The molecule has 19 heavy (non-hydrogen) atoms. The zero-order valence-electron chi connectivity index (χ0n) is 11.5. The van der Waals surface area contributed by atoms with Crippen molar-refractivity contribution in [3.8, 4) is 0 Å². The largest absolute Gasteiger partial charge is 0.0768 e. The van der Waals surface area contributed by atoms with E-state index in [2.05, 4.69) is 61.6 Å². The van der Waals surface area contributed by atoms with Gasteiger partial charge in [0.05, 0.1) is 0 Å². The molecule has 0 N–H and O–H groups in total. The fraction of sp³-hybridized carbons (Fsp3) is 0.368. The predicted octanol–water partition coefficient (Wildman–Crippen LogP) is 5.10. The Labute approximate surface area is 115 Å². The van der Waals surface area contributed by atoms with Crippen molar-refractivity contribution < 1.29 is 0 Å². The van der Waals surface area contributed by atoms with Crippen LogP contribution in [-0.2, 0) is 0 Å². The fourth-order valence-electron chi connectivity index (χ4n) is 4.19. The van der Waals surface area contributed by atoms with E-state index in [0.717, 1.165) is 0 Å².